The zero-order valence-corrected chi connectivity index (χ0v) is 22.3. The van der Waals surface area contributed by atoms with Crippen molar-refractivity contribution in [3.8, 4) is 11.5 Å². The Morgan fingerprint density at radius 1 is 1.11 bits per heavy atom. The van der Waals surface area contributed by atoms with Crippen molar-refractivity contribution in [2.75, 3.05) is 19.0 Å². The number of anilines is 1. The second kappa shape index (κ2) is 11.6. The predicted molar refractivity (Wildman–Crippen MR) is 144 cm³/mol. The van der Waals surface area contributed by atoms with E-state index in [0.717, 1.165) is 27.8 Å². The van der Waals surface area contributed by atoms with Gasteiger partial charge in [-0.2, -0.15) is 0 Å². The molecule has 1 fully saturated rings. The number of methoxy groups -OCH3 is 1. The molecule has 10 heteroatoms. The maximum atomic E-state index is 13.1. The summed E-state index contributed by atoms with van der Waals surface area (Å²) in [6.45, 7) is 1.90. The molecular formula is C27H22BrFN2O5S. The minimum absolute atomic E-state index is 0.163. The van der Waals surface area contributed by atoms with Crippen molar-refractivity contribution >= 4 is 56.5 Å². The summed E-state index contributed by atoms with van der Waals surface area (Å²) < 4.78 is 25.1. The average molecular weight is 585 g/mol. The number of nitrogens with zero attached hydrogens (tertiary/aromatic N) is 1. The second-order valence-corrected chi connectivity index (χ2v) is 9.97. The summed E-state index contributed by atoms with van der Waals surface area (Å²) in [6, 6.07) is 16.6. The Balaban J connectivity index is 1.47. The van der Waals surface area contributed by atoms with Crippen LogP contribution in [0.5, 0.6) is 11.5 Å². The molecule has 3 aromatic rings. The summed E-state index contributed by atoms with van der Waals surface area (Å²) >= 11 is 4.24. The number of hydrogen-bond donors (Lipinski definition) is 1. The molecule has 1 N–H and O–H groups in total. The van der Waals surface area contributed by atoms with Gasteiger partial charge in [-0.3, -0.25) is 19.3 Å². The SMILES string of the molecule is COc1cc(/C=C2\SC(=O)N(CC(=O)Nc3ccc(F)cc3)C2=O)c(Br)cc1OCc1cccc(C)c1. The third-order valence-corrected chi connectivity index (χ3v) is 6.94. The molecular weight excluding hydrogens is 563 g/mol. The standard InChI is InChI=1S/C27H22BrFN2O5S/c1-16-4-3-5-17(10-16)15-36-23-13-21(28)18(11-22(23)35-2)12-24-26(33)31(27(34)37-24)14-25(32)30-20-8-6-19(29)7-9-20/h3-13H,14-15H2,1-2H3,(H,30,32)/b24-12-. The molecule has 190 valence electrons. The van der Waals surface area contributed by atoms with E-state index in [1.54, 1.807) is 18.2 Å². The molecule has 0 unspecified atom stereocenters. The Labute approximate surface area is 225 Å². The first-order chi connectivity index (χ1) is 17.7. The summed E-state index contributed by atoms with van der Waals surface area (Å²) in [7, 11) is 1.51. The average Bonchev–Trinajstić information content (AvgIpc) is 3.12. The van der Waals surface area contributed by atoms with Crippen molar-refractivity contribution in [1.82, 2.24) is 4.90 Å². The lowest BCUT2D eigenvalue weighted by Gasteiger charge is -2.14. The van der Waals surface area contributed by atoms with Crippen LogP contribution < -0.4 is 14.8 Å². The molecule has 4 rings (SSSR count). The minimum atomic E-state index is -0.588. The van der Waals surface area contributed by atoms with Crippen molar-refractivity contribution in [3.63, 3.8) is 0 Å². The van der Waals surface area contributed by atoms with Crippen LogP contribution >= 0.6 is 27.7 Å². The highest BCUT2D eigenvalue weighted by molar-refractivity contribution is 9.10. The lowest BCUT2D eigenvalue weighted by atomic mass is 10.1. The number of ether oxygens (including phenoxy) is 2. The fourth-order valence-electron chi connectivity index (χ4n) is 3.55. The quantitative estimate of drug-likeness (QED) is 0.319. The number of carbonyl (C=O) groups is 3. The normalized spacial score (nSPS) is 14.3. The lowest BCUT2D eigenvalue weighted by molar-refractivity contribution is -0.127. The van der Waals surface area contributed by atoms with Gasteiger partial charge in [0, 0.05) is 10.2 Å². The molecule has 0 saturated carbocycles. The van der Waals surface area contributed by atoms with Crippen molar-refractivity contribution in [2.45, 2.75) is 13.5 Å². The maximum Gasteiger partial charge on any atom is 0.294 e. The van der Waals surface area contributed by atoms with E-state index in [1.165, 1.54) is 31.4 Å². The third-order valence-electron chi connectivity index (χ3n) is 5.35. The number of thioether (sulfide) groups is 1. The van der Waals surface area contributed by atoms with Crippen LogP contribution in [0.4, 0.5) is 14.9 Å². The Morgan fingerprint density at radius 3 is 2.57 bits per heavy atom. The highest BCUT2D eigenvalue weighted by Gasteiger charge is 2.36. The topological polar surface area (TPSA) is 84.9 Å². The van der Waals surface area contributed by atoms with E-state index in [1.807, 2.05) is 31.2 Å². The Morgan fingerprint density at radius 2 is 1.86 bits per heavy atom. The predicted octanol–water partition coefficient (Wildman–Crippen LogP) is 6.16. The third kappa shape index (κ3) is 6.58. The number of rotatable bonds is 8. The van der Waals surface area contributed by atoms with Gasteiger partial charge < -0.3 is 14.8 Å². The van der Waals surface area contributed by atoms with Gasteiger partial charge in [-0.25, -0.2) is 4.39 Å². The van der Waals surface area contributed by atoms with Gasteiger partial charge in [0.15, 0.2) is 11.5 Å². The van der Waals surface area contributed by atoms with E-state index in [4.69, 9.17) is 9.47 Å². The molecule has 7 nitrogen and oxygen atoms in total. The van der Waals surface area contributed by atoms with Crippen molar-refractivity contribution in [2.24, 2.45) is 0 Å². The van der Waals surface area contributed by atoms with Gasteiger partial charge in [-0.15, -0.1) is 0 Å². The molecule has 3 amide bonds. The summed E-state index contributed by atoms with van der Waals surface area (Å²) in [5.74, 6) is -0.635. The van der Waals surface area contributed by atoms with Gasteiger partial charge in [0.25, 0.3) is 11.1 Å². The smallest absolute Gasteiger partial charge is 0.294 e. The number of halogens is 2. The number of nitrogens with one attached hydrogen (secondary N) is 1. The van der Waals surface area contributed by atoms with Crippen LogP contribution in [0.2, 0.25) is 0 Å². The molecule has 0 aliphatic carbocycles. The highest BCUT2D eigenvalue weighted by Crippen LogP contribution is 2.38. The van der Waals surface area contributed by atoms with Gasteiger partial charge in [0.1, 0.15) is 19.0 Å². The summed E-state index contributed by atoms with van der Waals surface area (Å²) in [5.41, 5.74) is 3.10. The first-order valence-corrected chi connectivity index (χ1v) is 12.7. The number of imide groups is 1. The van der Waals surface area contributed by atoms with Crippen molar-refractivity contribution < 1.29 is 28.2 Å². The largest absolute Gasteiger partial charge is 0.493 e. The van der Waals surface area contributed by atoms with Crippen LogP contribution in [0, 0.1) is 12.7 Å². The fraction of sp³-hybridized carbons (Fsp3) is 0.148. The number of hydrogen-bond acceptors (Lipinski definition) is 6. The van der Waals surface area contributed by atoms with Crippen LogP contribution in [0.3, 0.4) is 0 Å². The van der Waals surface area contributed by atoms with Gasteiger partial charge in [0.05, 0.1) is 12.0 Å². The first-order valence-electron chi connectivity index (χ1n) is 11.1. The molecule has 0 aromatic heterocycles. The van der Waals surface area contributed by atoms with Crippen molar-refractivity contribution in [3.05, 3.63) is 92.5 Å². The maximum absolute atomic E-state index is 13.1. The lowest BCUT2D eigenvalue weighted by Crippen LogP contribution is -2.36. The van der Waals surface area contributed by atoms with Crippen LogP contribution in [-0.4, -0.2) is 35.6 Å². The molecule has 0 radical (unpaired) electrons. The van der Waals surface area contributed by atoms with E-state index in [-0.39, 0.29) is 4.91 Å². The number of carbonyl (C=O) groups excluding carboxylic acids is 3. The monoisotopic (exact) mass is 584 g/mol. The van der Waals surface area contributed by atoms with E-state index in [9.17, 15) is 18.8 Å². The number of aryl methyl sites for hydroxylation is 1. The van der Waals surface area contributed by atoms with Crippen LogP contribution in [0.15, 0.2) is 70.0 Å². The second-order valence-electron chi connectivity index (χ2n) is 8.13. The minimum Gasteiger partial charge on any atom is -0.493 e. The molecule has 1 aliphatic heterocycles. The van der Waals surface area contributed by atoms with Crippen LogP contribution in [0.25, 0.3) is 6.08 Å². The molecule has 0 bridgehead atoms. The molecule has 37 heavy (non-hydrogen) atoms. The molecule has 0 atom stereocenters. The van der Waals surface area contributed by atoms with Crippen LogP contribution in [-0.2, 0) is 16.2 Å². The zero-order chi connectivity index (χ0) is 26.5. The van der Waals surface area contributed by atoms with E-state index in [2.05, 4.69) is 21.2 Å². The van der Waals surface area contributed by atoms with E-state index in [0.29, 0.717) is 33.8 Å². The number of benzene rings is 3. The first kappa shape index (κ1) is 26.4. The number of amides is 3. The Hall–Kier alpha value is -3.63. The van der Waals surface area contributed by atoms with Gasteiger partial charge >= 0.3 is 0 Å². The summed E-state index contributed by atoms with van der Waals surface area (Å²) in [6.07, 6.45) is 1.56. The van der Waals surface area contributed by atoms with Gasteiger partial charge in [-0.05, 0) is 72.3 Å². The van der Waals surface area contributed by atoms with Crippen molar-refractivity contribution in [1.29, 1.82) is 0 Å². The summed E-state index contributed by atoms with van der Waals surface area (Å²) in [4.78, 5) is 38.7. The van der Waals surface area contributed by atoms with E-state index >= 15 is 0 Å². The zero-order valence-electron chi connectivity index (χ0n) is 19.9. The Bertz CT molecular complexity index is 1390. The van der Waals surface area contributed by atoms with Gasteiger partial charge in [0.2, 0.25) is 5.91 Å². The fourth-order valence-corrected chi connectivity index (χ4v) is 4.82. The molecule has 1 heterocycles. The summed E-state index contributed by atoms with van der Waals surface area (Å²) in [5, 5.41) is 1.98. The Kier molecular flexibility index (Phi) is 8.30. The van der Waals surface area contributed by atoms with Crippen LogP contribution in [0.1, 0.15) is 16.7 Å². The molecule has 1 saturated heterocycles. The molecule has 3 aromatic carbocycles. The van der Waals surface area contributed by atoms with Gasteiger partial charge in [-0.1, -0.05) is 45.8 Å². The molecule has 0 spiro atoms. The molecule has 1 aliphatic rings. The highest BCUT2D eigenvalue weighted by atomic mass is 79.9. The van der Waals surface area contributed by atoms with E-state index < -0.39 is 29.4 Å².